The molecule has 0 N–H and O–H groups in total. The van der Waals surface area contributed by atoms with Crippen LogP contribution in [0.4, 0.5) is 0 Å². The summed E-state index contributed by atoms with van der Waals surface area (Å²) in [5, 5.41) is 0. The Bertz CT molecular complexity index is 1040. The van der Waals surface area contributed by atoms with Crippen LogP contribution in [-0.4, -0.2) is 81.4 Å². The van der Waals surface area contributed by atoms with Gasteiger partial charge in [-0.2, -0.15) is 4.31 Å². The molecule has 0 aliphatic carbocycles. The Balaban J connectivity index is 1.33. The van der Waals surface area contributed by atoms with Crippen molar-refractivity contribution in [2.24, 2.45) is 0 Å². The molecule has 1 amide bonds. The number of carbonyl (C=O) groups is 1. The van der Waals surface area contributed by atoms with Crippen molar-refractivity contribution in [1.82, 2.24) is 14.1 Å². The Labute approximate surface area is 189 Å². The molecule has 4 rings (SSSR count). The van der Waals surface area contributed by atoms with Crippen LogP contribution in [-0.2, 0) is 21.4 Å². The summed E-state index contributed by atoms with van der Waals surface area (Å²) in [6.07, 6.45) is 0.757. The zero-order valence-corrected chi connectivity index (χ0v) is 19.1. The molecule has 1 saturated heterocycles. The van der Waals surface area contributed by atoms with Crippen molar-refractivity contribution in [1.29, 1.82) is 0 Å². The van der Waals surface area contributed by atoms with Gasteiger partial charge in [-0.05, 0) is 24.7 Å². The number of benzene rings is 2. The van der Waals surface area contributed by atoms with Gasteiger partial charge < -0.3 is 14.4 Å². The van der Waals surface area contributed by atoms with Gasteiger partial charge in [0.25, 0.3) is 0 Å². The third-order valence-corrected chi connectivity index (χ3v) is 7.54. The third-order valence-electron chi connectivity index (χ3n) is 5.65. The van der Waals surface area contributed by atoms with E-state index >= 15 is 0 Å². The average Bonchev–Trinajstić information content (AvgIpc) is 3.04. The van der Waals surface area contributed by atoms with Gasteiger partial charge in [0, 0.05) is 45.2 Å². The topological polar surface area (TPSA) is 79.4 Å². The van der Waals surface area contributed by atoms with Crippen LogP contribution in [0.5, 0.6) is 11.5 Å². The van der Waals surface area contributed by atoms with Gasteiger partial charge in [0.05, 0.1) is 24.7 Å². The molecule has 1 fully saturated rings. The van der Waals surface area contributed by atoms with E-state index in [2.05, 4.69) is 0 Å². The van der Waals surface area contributed by atoms with E-state index in [-0.39, 0.29) is 23.9 Å². The number of nitrogens with zero attached hydrogens (tertiary/aromatic N) is 3. The van der Waals surface area contributed by atoms with Gasteiger partial charge in [-0.15, -0.1) is 0 Å². The van der Waals surface area contributed by atoms with E-state index in [1.165, 1.54) is 10.4 Å². The highest BCUT2D eigenvalue weighted by Gasteiger charge is 2.31. The maximum Gasteiger partial charge on any atom is 0.243 e. The molecule has 0 spiro atoms. The monoisotopic (exact) mass is 459 g/mol. The van der Waals surface area contributed by atoms with Crippen LogP contribution in [0, 0.1) is 0 Å². The van der Waals surface area contributed by atoms with Crippen molar-refractivity contribution in [3.05, 3.63) is 54.1 Å². The second kappa shape index (κ2) is 9.89. The third kappa shape index (κ3) is 5.23. The predicted molar refractivity (Wildman–Crippen MR) is 120 cm³/mol. The number of likely N-dealkylation sites (N-methyl/N-ethyl adjacent to an activating group) is 1. The summed E-state index contributed by atoms with van der Waals surface area (Å²) in [5.41, 5.74) is 1.15. The Kier molecular flexibility index (Phi) is 6.98. The minimum absolute atomic E-state index is 0.0102. The van der Waals surface area contributed by atoms with Crippen molar-refractivity contribution in [2.75, 3.05) is 53.0 Å². The minimum atomic E-state index is -3.67. The highest BCUT2D eigenvalue weighted by Crippen LogP contribution is 2.33. The quantitative estimate of drug-likeness (QED) is 0.656. The van der Waals surface area contributed by atoms with Gasteiger partial charge in [-0.1, -0.05) is 30.3 Å². The molecule has 0 bridgehead atoms. The molecular weight excluding hydrogens is 430 g/mol. The molecule has 8 nitrogen and oxygen atoms in total. The fourth-order valence-corrected chi connectivity index (χ4v) is 5.35. The smallest absolute Gasteiger partial charge is 0.243 e. The molecule has 2 aliphatic rings. The van der Waals surface area contributed by atoms with Crippen LogP contribution in [0.25, 0.3) is 0 Å². The van der Waals surface area contributed by atoms with Crippen LogP contribution in [0.15, 0.2) is 53.4 Å². The van der Waals surface area contributed by atoms with Gasteiger partial charge in [-0.25, -0.2) is 8.42 Å². The Hall–Kier alpha value is -2.62. The lowest BCUT2D eigenvalue weighted by Crippen LogP contribution is -2.52. The predicted octanol–water partition coefficient (Wildman–Crippen LogP) is 1.81. The van der Waals surface area contributed by atoms with Crippen LogP contribution >= 0.6 is 0 Å². The molecule has 172 valence electrons. The number of carbonyl (C=O) groups excluding carboxylic acids is 1. The minimum Gasteiger partial charge on any atom is -0.490 e. The van der Waals surface area contributed by atoms with Crippen LogP contribution in [0.1, 0.15) is 12.0 Å². The molecule has 9 heteroatoms. The lowest BCUT2D eigenvalue weighted by atomic mass is 10.2. The highest BCUT2D eigenvalue weighted by atomic mass is 32.2. The summed E-state index contributed by atoms with van der Waals surface area (Å²) in [4.78, 5) is 16.6. The van der Waals surface area contributed by atoms with Crippen molar-refractivity contribution in [3.8, 4) is 11.5 Å². The fraction of sp³-hybridized carbons (Fsp3) is 0.435. The average molecular weight is 460 g/mol. The summed E-state index contributed by atoms with van der Waals surface area (Å²) in [6, 6.07) is 14.7. The second-order valence-electron chi connectivity index (χ2n) is 8.10. The number of hydrogen-bond acceptors (Lipinski definition) is 6. The maximum atomic E-state index is 13.1. The van der Waals surface area contributed by atoms with E-state index in [9.17, 15) is 13.2 Å². The van der Waals surface area contributed by atoms with Crippen LogP contribution in [0.3, 0.4) is 0 Å². The van der Waals surface area contributed by atoms with E-state index in [4.69, 9.17) is 9.47 Å². The fourth-order valence-electron chi connectivity index (χ4n) is 3.91. The molecule has 32 heavy (non-hydrogen) atoms. The summed E-state index contributed by atoms with van der Waals surface area (Å²) >= 11 is 0. The zero-order valence-electron chi connectivity index (χ0n) is 18.3. The van der Waals surface area contributed by atoms with Gasteiger partial charge in [0.1, 0.15) is 0 Å². The number of piperazine rings is 1. The zero-order chi connectivity index (χ0) is 22.6. The number of sulfonamides is 1. The number of rotatable bonds is 6. The van der Waals surface area contributed by atoms with E-state index in [0.29, 0.717) is 50.9 Å². The maximum absolute atomic E-state index is 13.1. The molecule has 2 aliphatic heterocycles. The second-order valence-corrected chi connectivity index (χ2v) is 10.0. The molecule has 2 aromatic carbocycles. The first kappa shape index (κ1) is 22.6. The first-order chi connectivity index (χ1) is 15.4. The van der Waals surface area contributed by atoms with E-state index in [1.807, 2.05) is 42.3 Å². The lowest BCUT2D eigenvalue weighted by Gasteiger charge is -2.34. The highest BCUT2D eigenvalue weighted by molar-refractivity contribution is 7.89. The van der Waals surface area contributed by atoms with E-state index in [1.54, 1.807) is 17.0 Å². The molecule has 2 heterocycles. The molecule has 0 saturated carbocycles. The number of fused-ring (bicyclic) bond motifs is 1. The Morgan fingerprint density at radius 3 is 2.38 bits per heavy atom. The molecule has 0 aromatic heterocycles. The van der Waals surface area contributed by atoms with Crippen molar-refractivity contribution in [2.45, 2.75) is 17.9 Å². The van der Waals surface area contributed by atoms with Crippen molar-refractivity contribution >= 4 is 15.9 Å². The molecular formula is C23H29N3O5S. The van der Waals surface area contributed by atoms with E-state index < -0.39 is 10.0 Å². The van der Waals surface area contributed by atoms with Crippen LogP contribution < -0.4 is 9.47 Å². The summed E-state index contributed by atoms with van der Waals surface area (Å²) in [5.74, 6) is 1.03. The molecule has 0 unspecified atom stereocenters. The standard InChI is InChI=1S/C23H29N3O5S/c1-24(17-19-6-3-2-4-7-19)18-23(27)25-10-12-26(13-11-25)32(28,29)20-8-9-21-22(16-20)31-15-5-14-30-21/h2-4,6-9,16H,5,10-15,17-18H2,1H3. The summed E-state index contributed by atoms with van der Waals surface area (Å²) < 4.78 is 38.9. The Morgan fingerprint density at radius 2 is 1.66 bits per heavy atom. The number of hydrogen-bond donors (Lipinski definition) is 0. The normalized spacial score (nSPS) is 17.2. The van der Waals surface area contributed by atoms with Gasteiger partial charge in [-0.3, -0.25) is 9.69 Å². The lowest BCUT2D eigenvalue weighted by molar-refractivity contribution is -0.133. The van der Waals surface area contributed by atoms with Crippen LogP contribution in [0.2, 0.25) is 0 Å². The van der Waals surface area contributed by atoms with E-state index in [0.717, 1.165) is 12.0 Å². The SMILES string of the molecule is CN(CC(=O)N1CCN(S(=O)(=O)c2ccc3c(c2)OCCCO3)CC1)Cc1ccccc1. The summed E-state index contributed by atoms with van der Waals surface area (Å²) in [7, 11) is -1.76. The summed E-state index contributed by atoms with van der Waals surface area (Å²) in [6.45, 7) is 3.32. The Morgan fingerprint density at radius 1 is 0.969 bits per heavy atom. The number of ether oxygens (including phenoxy) is 2. The first-order valence-corrected chi connectivity index (χ1v) is 12.3. The first-order valence-electron chi connectivity index (χ1n) is 10.8. The largest absolute Gasteiger partial charge is 0.490 e. The van der Waals surface area contributed by atoms with Gasteiger partial charge >= 0.3 is 0 Å². The molecule has 0 radical (unpaired) electrons. The van der Waals surface area contributed by atoms with Gasteiger partial charge in [0.2, 0.25) is 15.9 Å². The number of amides is 1. The van der Waals surface area contributed by atoms with Crippen molar-refractivity contribution in [3.63, 3.8) is 0 Å². The molecule has 0 atom stereocenters. The van der Waals surface area contributed by atoms with Crippen molar-refractivity contribution < 1.29 is 22.7 Å². The van der Waals surface area contributed by atoms with Gasteiger partial charge in [0.15, 0.2) is 11.5 Å². The molecule has 2 aromatic rings.